The molecule has 0 amide bonds. The second-order valence-corrected chi connectivity index (χ2v) is 3.48. The third kappa shape index (κ3) is 2.72. The van der Waals surface area contributed by atoms with Crippen LogP contribution in [0.5, 0.6) is 0 Å². The van der Waals surface area contributed by atoms with Crippen LogP contribution in [-0.4, -0.2) is 4.57 Å². The van der Waals surface area contributed by atoms with Crippen molar-refractivity contribution in [2.24, 2.45) is 0 Å². The van der Waals surface area contributed by atoms with Crippen molar-refractivity contribution in [2.75, 3.05) is 0 Å². The molecule has 12 heavy (non-hydrogen) atoms. The molecule has 1 aromatic rings. The molecular weight excluding hydrogens is 146 g/mol. The molecule has 0 N–H and O–H groups in total. The summed E-state index contributed by atoms with van der Waals surface area (Å²) in [4.78, 5) is 0. The van der Waals surface area contributed by atoms with Gasteiger partial charge in [-0.2, -0.15) is 0 Å². The van der Waals surface area contributed by atoms with Crippen LogP contribution < -0.4 is 0 Å². The molecule has 1 nitrogen and oxygen atoms in total. The number of hydrogen-bond acceptors (Lipinski definition) is 0. The molecule has 0 aliphatic rings. The van der Waals surface area contributed by atoms with Crippen LogP contribution in [-0.2, 0) is 0 Å². The quantitative estimate of drug-likeness (QED) is 0.587. The maximum absolute atomic E-state index is 2.29. The van der Waals surface area contributed by atoms with E-state index in [-0.39, 0.29) is 0 Å². The molecule has 0 radical (unpaired) electrons. The van der Waals surface area contributed by atoms with Crippen molar-refractivity contribution in [3.63, 3.8) is 0 Å². The summed E-state index contributed by atoms with van der Waals surface area (Å²) in [7, 11) is 0. The predicted octanol–water partition coefficient (Wildman–Crippen LogP) is 3.63. The average molecular weight is 165 g/mol. The standard InChI is InChI=1S/C11H19N/c1-3-4-5-8-11(2)12-9-6-7-10-12/h6-7,9-11H,3-5,8H2,1-2H3. The lowest BCUT2D eigenvalue weighted by Crippen LogP contribution is -2.01. The third-order valence-electron chi connectivity index (χ3n) is 2.36. The van der Waals surface area contributed by atoms with Gasteiger partial charge in [0.05, 0.1) is 0 Å². The van der Waals surface area contributed by atoms with Gasteiger partial charge in [0.15, 0.2) is 0 Å². The highest BCUT2D eigenvalue weighted by Gasteiger charge is 2.00. The van der Waals surface area contributed by atoms with E-state index in [0.717, 1.165) is 0 Å². The molecule has 1 heteroatoms. The monoisotopic (exact) mass is 165 g/mol. The smallest absolute Gasteiger partial charge is 0.0302 e. The van der Waals surface area contributed by atoms with Crippen molar-refractivity contribution in [1.82, 2.24) is 4.57 Å². The van der Waals surface area contributed by atoms with Crippen molar-refractivity contribution < 1.29 is 0 Å². The molecule has 68 valence electrons. The van der Waals surface area contributed by atoms with Gasteiger partial charge in [0, 0.05) is 18.4 Å². The zero-order valence-electron chi connectivity index (χ0n) is 8.16. The van der Waals surface area contributed by atoms with Gasteiger partial charge in [-0.25, -0.2) is 0 Å². The Hall–Kier alpha value is -0.720. The molecule has 0 aliphatic heterocycles. The van der Waals surface area contributed by atoms with Gasteiger partial charge in [0.2, 0.25) is 0 Å². The van der Waals surface area contributed by atoms with Crippen molar-refractivity contribution in [3.8, 4) is 0 Å². The molecule has 0 bridgehead atoms. The molecule has 0 fully saturated rings. The highest BCUT2D eigenvalue weighted by atomic mass is 15.0. The van der Waals surface area contributed by atoms with Crippen LogP contribution in [0.1, 0.15) is 45.6 Å². The molecule has 0 saturated heterocycles. The first kappa shape index (κ1) is 9.37. The Morgan fingerprint density at radius 3 is 2.42 bits per heavy atom. The van der Waals surface area contributed by atoms with Crippen molar-refractivity contribution in [1.29, 1.82) is 0 Å². The first-order chi connectivity index (χ1) is 5.84. The lowest BCUT2D eigenvalue weighted by Gasteiger charge is -2.12. The highest BCUT2D eigenvalue weighted by Crippen LogP contribution is 2.14. The number of nitrogens with zero attached hydrogens (tertiary/aromatic N) is 1. The van der Waals surface area contributed by atoms with Crippen molar-refractivity contribution >= 4 is 0 Å². The van der Waals surface area contributed by atoms with Crippen molar-refractivity contribution in [3.05, 3.63) is 24.5 Å². The molecule has 1 atom stereocenters. The Labute approximate surface area is 75.4 Å². The van der Waals surface area contributed by atoms with E-state index >= 15 is 0 Å². The second kappa shape index (κ2) is 5.02. The lowest BCUT2D eigenvalue weighted by molar-refractivity contribution is 0.479. The Morgan fingerprint density at radius 2 is 1.83 bits per heavy atom. The molecule has 0 aliphatic carbocycles. The minimum atomic E-state index is 0.673. The van der Waals surface area contributed by atoms with Crippen LogP contribution in [0.3, 0.4) is 0 Å². The summed E-state index contributed by atoms with van der Waals surface area (Å²) in [5, 5.41) is 0. The fourth-order valence-corrected chi connectivity index (χ4v) is 1.48. The third-order valence-corrected chi connectivity index (χ3v) is 2.36. The summed E-state index contributed by atoms with van der Waals surface area (Å²) < 4.78 is 2.29. The topological polar surface area (TPSA) is 4.93 Å². The molecule has 0 saturated carbocycles. The largest absolute Gasteiger partial charge is 0.352 e. The minimum absolute atomic E-state index is 0.673. The molecule has 1 rings (SSSR count). The summed E-state index contributed by atoms with van der Waals surface area (Å²) in [5.74, 6) is 0. The van der Waals surface area contributed by atoms with Crippen LogP contribution in [0.2, 0.25) is 0 Å². The molecule has 1 heterocycles. The van der Waals surface area contributed by atoms with Gasteiger partial charge < -0.3 is 4.57 Å². The summed E-state index contributed by atoms with van der Waals surface area (Å²) in [6.45, 7) is 4.54. The zero-order chi connectivity index (χ0) is 8.81. The van der Waals surface area contributed by atoms with Crippen LogP contribution >= 0.6 is 0 Å². The fraction of sp³-hybridized carbons (Fsp3) is 0.636. The highest BCUT2D eigenvalue weighted by molar-refractivity contribution is 4.92. The van der Waals surface area contributed by atoms with Gasteiger partial charge in [-0.05, 0) is 25.5 Å². The predicted molar refractivity (Wildman–Crippen MR) is 53.3 cm³/mol. The van der Waals surface area contributed by atoms with E-state index in [1.807, 2.05) is 0 Å². The van der Waals surface area contributed by atoms with E-state index in [0.29, 0.717) is 6.04 Å². The number of unbranched alkanes of at least 4 members (excludes halogenated alkanes) is 2. The van der Waals surface area contributed by atoms with Gasteiger partial charge in [-0.3, -0.25) is 0 Å². The zero-order valence-corrected chi connectivity index (χ0v) is 8.16. The van der Waals surface area contributed by atoms with Crippen LogP contribution in [0, 0.1) is 0 Å². The number of aromatic nitrogens is 1. The Morgan fingerprint density at radius 1 is 1.17 bits per heavy atom. The molecule has 1 unspecified atom stereocenters. The molecule has 1 aromatic heterocycles. The normalized spacial score (nSPS) is 13.2. The Kier molecular flexibility index (Phi) is 3.92. The summed E-state index contributed by atoms with van der Waals surface area (Å²) in [6, 6.07) is 4.86. The summed E-state index contributed by atoms with van der Waals surface area (Å²) in [6.07, 6.45) is 9.65. The van der Waals surface area contributed by atoms with E-state index in [1.54, 1.807) is 0 Å². The minimum Gasteiger partial charge on any atom is -0.352 e. The maximum Gasteiger partial charge on any atom is 0.0302 e. The van der Waals surface area contributed by atoms with Crippen molar-refractivity contribution in [2.45, 2.75) is 45.6 Å². The molecular formula is C11H19N. The summed E-state index contributed by atoms with van der Waals surface area (Å²) >= 11 is 0. The van der Waals surface area contributed by atoms with E-state index in [1.165, 1.54) is 25.7 Å². The van der Waals surface area contributed by atoms with Gasteiger partial charge in [-0.1, -0.05) is 26.2 Å². The molecule has 0 spiro atoms. The second-order valence-electron chi connectivity index (χ2n) is 3.48. The van der Waals surface area contributed by atoms with Crippen LogP contribution in [0.15, 0.2) is 24.5 Å². The van der Waals surface area contributed by atoms with Crippen LogP contribution in [0.4, 0.5) is 0 Å². The van der Waals surface area contributed by atoms with E-state index in [9.17, 15) is 0 Å². The maximum atomic E-state index is 2.29. The van der Waals surface area contributed by atoms with Gasteiger partial charge in [0.1, 0.15) is 0 Å². The van der Waals surface area contributed by atoms with E-state index < -0.39 is 0 Å². The number of rotatable bonds is 5. The van der Waals surface area contributed by atoms with E-state index in [4.69, 9.17) is 0 Å². The van der Waals surface area contributed by atoms with E-state index in [2.05, 4.69) is 42.9 Å². The SMILES string of the molecule is CCCCCC(C)n1cccc1. The Balaban J connectivity index is 2.25. The first-order valence-electron chi connectivity index (χ1n) is 4.97. The van der Waals surface area contributed by atoms with Gasteiger partial charge >= 0.3 is 0 Å². The summed E-state index contributed by atoms with van der Waals surface area (Å²) in [5.41, 5.74) is 0. The first-order valence-corrected chi connectivity index (χ1v) is 4.97. The fourth-order valence-electron chi connectivity index (χ4n) is 1.48. The molecule has 0 aromatic carbocycles. The number of hydrogen-bond donors (Lipinski definition) is 0. The van der Waals surface area contributed by atoms with Crippen LogP contribution in [0.25, 0.3) is 0 Å². The van der Waals surface area contributed by atoms with Gasteiger partial charge in [-0.15, -0.1) is 0 Å². The Bertz CT molecular complexity index is 189. The lowest BCUT2D eigenvalue weighted by atomic mass is 10.1. The average Bonchev–Trinajstić information content (AvgIpc) is 2.56. The van der Waals surface area contributed by atoms with Gasteiger partial charge in [0.25, 0.3) is 0 Å².